The number of nitrogens with zero attached hydrogens (tertiary/aromatic N) is 3. The summed E-state index contributed by atoms with van der Waals surface area (Å²) < 4.78 is 1.38. The minimum Gasteiger partial charge on any atom is -0.366 e. The van der Waals surface area contributed by atoms with Gasteiger partial charge in [0.05, 0.1) is 5.54 Å². The monoisotopic (exact) mass is 196 g/mol. The van der Waals surface area contributed by atoms with E-state index in [1.165, 1.54) is 4.68 Å². The Labute approximate surface area is 82.6 Å². The van der Waals surface area contributed by atoms with Gasteiger partial charge in [-0.1, -0.05) is 6.92 Å². The van der Waals surface area contributed by atoms with E-state index in [0.717, 1.165) is 31.6 Å². The molecule has 0 aromatic carbocycles. The van der Waals surface area contributed by atoms with Crippen molar-refractivity contribution in [3.05, 3.63) is 5.82 Å². The van der Waals surface area contributed by atoms with Gasteiger partial charge in [0.15, 0.2) is 5.82 Å². The van der Waals surface area contributed by atoms with Gasteiger partial charge in [0, 0.05) is 0 Å². The average Bonchev–Trinajstić information content (AvgIpc) is 2.77. The maximum atomic E-state index is 5.77. The molecule has 14 heavy (non-hydrogen) atoms. The van der Waals surface area contributed by atoms with Crippen molar-refractivity contribution in [3.63, 3.8) is 0 Å². The van der Waals surface area contributed by atoms with Crippen molar-refractivity contribution < 1.29 is 0 Å². The van der Waals surface area contributed by atoms with Crippen LogP contribution in [0.1, 0.15) is 32.0 Å². The van der Waals surface area contributed by atoms with Gasteiger partial charge in [0.1, 0.15) is 0 Å². The lowest BCUT2D eigenvalue weighted by atomic mass is 9.93. The van der Waals surface area contributed by atoms with Crippen LogP contribution in [0.2, 0.25) is 0 Å². The zero-order valence-corrected chi connectivity index (χ0v) is 8.32. The van der Waals surface area contributed by atoms with Crippen LogP contribution >= 0.6 is 0 Å². The molecule has 1 aliphatic heterocycles. The van der Waals surface area contributed by atoms with Gasteiger partial charge in [-0.25, -0.2) is 4.68 Å². The minimum absolute atomic E-state index is 0.126. The van der Waals surface area contributed by atoms with Crippen molar-refractivity contribution >= 4 is 5.95 Å². The second-order valence-electron chi connectivity index (χ2n) is 3.72. The summed E-state index contributed by atoms with van der Waals surface area (Å²) >= 11 is 0. The smallest absolute Gasteiger partial charge is 0.240 e. The van der Waals surface area contributed by atoms with Gasteiger partial charge in [-0.3, -0.25) is 0 Å². The SMILES string of the molecule is CCC1(c2nnc(N)n2N)CCCN1. The molecule has 1 atom stereocenters. The molecule has 78 valence electrons. The van der Waals surface area contributed by atoms with Gasteiger partial charge in [0.25, 0.3) is 0 Å². The lowest BCUT2D eigenvalue weighted by molar-refractivity contribution is 0.345. The van der Waals surface area contributed by atoms with Crippen molar-refractivity contribution in [2.45, 2.75) is 31.7 Å². The first-order valence-corrected chi connectivity index (χ1v) is 4.91. The molecule has 1 unspecified atom stereocenters. The van der Waals surface area contributed by atoms with E-state index in [4.69, 9.17) is 11.6 Å². The first-order chi connectivity index (χ1) is 6.69. The van der Waals surface area contributed by atoms with Crippen molar-refractivity contribution in [3.8, 4) is 0 Å². The first kappa shape index (κ1) is 9.26. The number of aromatic nitrogens is 3. The maximum Gasteiger partial charge on any atom is 0.240 e. The predicted octanol–water partition coefficient (Wildman–Crippen LogP) is -0.437. The summed E-state index contributed by atoms with van der Waals surface area (Å²) in [4.78, 5) is 0. The second kappa shape index (κ2) is 3.13. The molecular formula is C8H16N6. The normalized spacial score (nSPS) is 26.9. The van der Waals surface area contributed by atoms with Crippen molar-refractivity contribution in [1.29, 1.82) is 0 Å². The lowest BCUT2D eigenvalue weighted by Gasteiger charge is -2.26. The topological polar surface area (TPSA) is 94.8 Å². The van der Waals surface area contributed by atoms with E-state index in [0.29, 0.717) is 0 Å². The lowest BCUT2D eigenvalue weighted by Crippen LogP contribution is -2.40. The third-order valence-electron chi connectivity index (χ3n) is 3.00. The fourth-order valence-corrected chi connectivity index (χ4v) is 2.09. The molecule has 1 aromatic rings. The maximum absolute atomic E-state index is 5.77. The molecule has 1 aliphatic rings. The van der Waals surface area contributed by atoms with E-state index in [1.807, 2.05) is 0 Å². The molecule has 0 bridgehead atoms. The number of rotatable bonds is 2. The van der Waals surface area contributed by atoms with Gasteiger partial charge >= 0.3 is 0 Å². The third-order valence-corrected chi connectivity index (χ3v) is 3.00. The van der Waals surface area contributed by atoms with E-state index >= 15 is 0 Å². The van der Waals surface area contributed by atoms with Gasteiger partial charge in [0.2, 0.25) is 5.95 Å². The molecule has 6 heteroatoms. The van der Waals surface area contributed by atoms with Crippen LogP contribution in [0, 0.1) is 0 Å². The molecule has 5 N–H and O–H groups in total. The highest BCUT2D eigenvalue weighted by Crippen LogP contribution is 2.32. The molecule has 1 fully saturated rings. The largest absolute Gasteiger partial charge is 0.366 e. The zero-order valence-electron chi connectivity index (χ0n) is 8.32. The van der Waals surface area contributed by atoms with Crippen LogP contribution in [-0.4, -0.2) is 21.4 Å². The van der Waals surface area contributed by atoms with Crippen LogP contribution in [-0.2, 0) is 5.54 Å². The molecule has 0 saturated carbocycles. The molecular weight excluding hydrogens is 180 g/mol. The number of hydrogen-bond donors (Lipinski definition) is 3. The zero-order chi connectivity index (χ0) is 10.2. The minimum atomic E-state index is -0.126. The van der Waals surface area contributed by atoms with Crippen molar-refractivity contribution in [1.82, 2.24) is 20.2 Å². The molecule has 2 rings (SSSR count). The number of nitrogens with one attached hydrogen (secondary N) is 1. The molecule has 0 aliphatic carbocycles. The van der Waals surface area contributed by atoms with Crippen LogP contribution in [0.3, 0.4) is 0 Å². The van der Waals surface area contributed by atoms with E-state index in [9.17, 15) is 0 Å². The fourth-order valence-electron chi connectivity index (χ4n) is 2.09. The Bertz CT molecular complexity index is 325. The summed E-state index contributed by atoms with van der Waals surface area (Å²) in [6.07, 6.45) is 3.13. The third kappa shape index (κ3) is 1.14. The molecule has 6 nitrogen and oxygen atoms in total. The van der Waals surface area contributed by atoms with Crippen LogP contribution < -0.4 is 16.9 Å². The highest BCUT2D eigenvalue weighted by Gasteiger charge is 2.38. The van der Waals surface area contributed by atoms with Crippen LogP contribution in [0.5, 0.6) is 0 Å². The molecule has 2 heterocycles. The molecule has 1 saturated heterocycles. The Balaban J connectivity index is 2.40. The Morgan fingerprint density at radius 1 is 1.57 bits per heavy atom. The summed E-state index contributed by atoms with van der Waals surface area (Å²) in [5.74, 6) is 6.78. The Morgan fingerprint density at radius 2 is 2.36 bits per heavy atom. The highest BCUT2D eigenvalue weighted by molar-refractivity contribution is 5.22. The molecule has 0 amide bonds. The quantitative estimate of drug-likeness (QED) is 0.557. The number of hydrogen-bond acceptors (Lipinski definition) is 5. The van der Waals surface area contributed by atoms with Gasteiger partial charge in [-0.2, -0.15) is 0 Å². The Hall–Kier alpha value is -1.30. The Kier molecular flexibility index (Phi) is 2.07. The molecule has 0 radical (unpaired) electrons. The first-order valence-electron chi connectivity index (χ1n) is 4.91. The standard InChI is InChI=1S/C8H16N6/c1-2-8(4-3-5-11-8)6-12-13-7(9)14(6)10/h11H,2-5,10H2,1H3,(H2,9,13). The summed E-state index contributed by atoms with van der Waals surface area (Å²) in [5, 5.41) is 11.3. The van der Waals surface area contributed by atoms with Crippen molar-refractivity contribution in [2.24, 2.45) is 0 Å². The van der Waals surface area contributed by atoms with Crippen molar-refractivity contribution in [2.75, 3.05) is 18.1 Å². The summed E-state index contributed by atoms with van der Waals surface area (Å²) in [6.45, 7) is 3.11. The van der Waals surface area contributed by atoms with E-state index in [2.05, 4.69) is 22.4 Å². The van der Waals surface area contributed by atoms with Gasteiger partial charge < -0.3 is 16.9 Å². The van der Waals surface area contributed by atoms with E-state index in [-0.39, 0.29) is 11.5 Å². The van der Waals surface area contributed by atoms with Gasteiger partial charge in [-0.15, -0.1) is 10.2 Å². The predicted molar refractivity (Wildman–Crippen MR) is 53.8 cm³/mol. The van der Waals surface area contributed by atoms with E-state index < -0.39 is 0 Å². The van der Waals surface area contributed by atoms with Crippen LogP contribution in [0.25, 0.3) is 0 Å². The van der Waals surface area contributed by atoms with Crippen LogP contribution in [0.4, 0.5) is 5.95 Å². The summed E-state index contributed by atoms with van der Waals surface area (Å²) in [7, 11) is 0. The Morgan fingerprint density at radius 3 is 2.79 bits per heavy atom. The second-order valence-corrected chi connectivity index (χ2v) is 3.72. The van der Waals surface area contributed by atoms with Gasteiger partial charge in [-0.05, 0) is 25.8 Å². The van der Waals surface area contributed by atoms with E-state index in [1.54, 1.807) is 0 Å². The average molecular weight is 196 g/mol. The number of anilines is 1. The molecule has 1 aromatic heterocycles. The summed E-state index contributed by atoms with van der Waals surface area (Å²) in [5.41, 5.74) is 5.43. The summed E-state index contributed by atoms with van der Waals surface area (Å²) in [6, 6.07) is 0. The fraction of sp³-hybridized carbons (Fsp3) is 0.750. The molecule has 0 spiro atoms. The number of nitrogens with two attached hydrogens (primary N) is 2. The van der Waals surface area contributed by atoms with Crippen LogP contribution in [0.15, 0.2) is 0 Å². The number of nitrogen functional groups attached to an aromatic ring is 2. The highest BCUT2D eigenvalue weighted by atomic mass is 15.5.